The van der Waals surface area contributed by atoms with Gasteiger partial charge in [0.2, 0.25) is 0 Å². The number of hydrogen-bond acceptors (Lipinski definition) is 2. The normalized spacial score (nSPS) is 18.7. The van der Waals surface area contributed by atoms with Gasteiger partial charge in [0.15, 0.2) is 0 Å². The second-order valence-electron chi connectivity index (χ2n) is 7.47. The second kappa shape index (κ2) is 9.40. The fourth-order valence-electron chi connectivity index (χ4n) is 3.99. The number of pyridine rings is 1. The first-order valence-corrected chi connectivity index (χ1v) is 9.85. The van der Waals surface area contributed by atoms with E-state index in [-0.39, 0.29) is 0 Å². The van der Waals surface area contributed by atoms with E-state index in [1.165, 1.54) is 30.4 Å². The van der Waals surface area contributed by atoms with E-state index in [0.29, 0.717) is 5.92 Å². The molecule has 1 saturated heterocycles. The van der Waals surface area contributed by atoms with Gasteiger partial charge in [-0.1, -0.05) is 49.9 Å². The topological polar surface area (TPSA) is 16.1 Å². The van der Waals surface area contributed by atoms with Gasteiger partial charge in [0.1, 0.15) is 5.82 Å². The van der Waals surface area contributed by atoms with E-state index >= 15 is 0 Å². The Hall–Kier alpha value is -2.31. The smallest absolute Gasteiger partial charge is 0.128 e. The fourth-order valence-corrected chi connectivity index (χ4v) is 3.99. The van der Waals surface area contributed by atoms with Crippen LogP contribution >= 0.6 is 0 Å². The summed E-state index contributed by atoms with van der Waals surface area (Å²) in [5.74, 6) is 2.35. The predicted octanol–water partition coefficient (Wildman–Crippen LogP) is 5.67. The lowest BCUT2D eigenvalue weighted by atomic mass is 9.85. The van der Waals surface area contributed by atoms with Gasteiger partial charge in [0.05, 0.1) is 0 Å². The van der Waals surface area contributed by atoms with E-state index in [2.05, 4.69) is 71.6 Å². The number of benzene rings is 1. The van der Waals surface area contributed by atoms with Gasteiger partial charge in [-0.05, 0) is 67.2 Å². The van der Waals surface area contributed by atoms with Gasteiger partial charge in [-0.2, -0.15) is 0 Å². The maximum absolute atomic E-state index is 4.52. The number of anilines is 1. The number of rotatable bonds is 6. The first kappa shape index (κ1) is 18.5. The molecule has 0 N–H and O–H groups in total. The molecule has 0 spiro atoms. The zero-order valence-electron chi connectivity index (χ0n) is 15.9. The molecule has 2 atom stereocenters. The zero-order valence-corrected chi connectivity index (χ0v) is 15.9. The van der Waals surface area contributed by atoms with E-state index in [9.17, 15) is 0 Å². The van der Waals surface area contributed by atoms with E-state index < -0.39 is 0 Å². The molecule has 0 radical (unpaired) electrons. The van der Waals surface area contributed by atoms with Crippen molar-refractivity contribution in [3.05, 3.63) is 78.2 Å². The number of allylic oxidation sites excluding steroid dienone is 1. The molecule has 1 aromatic heterocycles. The second-order valence-corrected chi connectivity index (χ2v) is 7.47. The van der Waals surface area contributed by atoms with Crippen molar-refractivity contribution in [1.82, 2.24) is 4.98 Å². The van der Waals surface area contributed by atoms with Crippen LogP contribution in [0, 0.1) is 11.8 Å². The molecule has 2 aromatic rings. The lowest BCUT2D eigenvalue weighted by Gasteiger charge is -2.22. The predicted molar refractivity (Wildman–Crippen MR) is 110 cm³/mol. The van der Waals surface area contributed by atoms with Gasteiger partial charge < -0.3 is 4.90 Å². The molecular weight excluding hydrogens is 316 g/mol. The van der Waals surface area contributed by atoms with Crippen LogP contribution < -0.4 is 4.90 Å². The first-order chi connectivity index (χ1) is 12.8. The molecule has 0 bridgehead atoms. The summed E-state index contributed by atoms with van der Waals surface area (Å²) in [5, 5.41) is 0. The third kappa shape index (κ3) is 5.09. The van der Waals surface area contributed by atoms with Crippen LogP contribution in [-0.4, -0.2) is 18.1 Å². The highest BCUT2D eigenvalue weighted by Gasteiger charge is 2.20. The number of hydrogen-bond donors (Lipinski definition) is 0. The molecule has 0 amide bonds. The monoisotopic (exact) mass is 346 g/mol. The van der Waals surface area contributed by atoms with Crippen LogP contribution in [0.25, 0.3) is 0 Å². The van der Waals surface area contributed by atoms with Gasteiger partial charge in [0.25, 0.3) is 0 Å². The van der Waals surface area contributed by atoms with Crippen molar-refractivity contribution in [3.8, 4) is 0 Å². The van der Waals surface area contributed by atoms with E-state index in [0.717, 1.165) is 37.7 Å². The van der Waals surface area contributed by atoms with Crippen molar-refractivity contribution in [2.45, 2.75) is 39.0 Å². The van der Waals surface area contributed by atoms with Crippen LogP contribution in [0.2, 0.25) is 0 Å². The Bertz CT molecular complexity index is 716. The summed E-state index contributed by atoms with van der Waals surface area (Å²) in [6.45, 7) is 8.52. The summed E-state index contributed by atoms with van der Waals surface area (Å²) >= 11 is 0. The Morgan fingerprint density at radius 3 is 2.69 bits per heavy atom. The summed E-state index contributed by atoms with van der Waals surface area (Å²) in [4.78, 5) is 6.95. The highest BCUT2D eigenvalue weighted by Crippen LogP contribution is 2.29. The zero-order chi connectivity index (χ0) is 18.2. The summed E-state index contributed by atoms with van der Waals surface area (Å²) in [6.07, 6.45) is 7.84. The van der Waals surface area contributed by atoms with E-state index in [1.807, 2.05) is 12.3 Å². The van der Waals surface area contributed by atoms with Crippen molar-refractivity contribution < 1.29 is 0 Å². The highest BCUT2D eigenvalue weighted by atomic mass is 15.2. The lowest BCUT2D eigenvalue weighted by Crippen LogP contribution is -2.25. The molecule has 0 aliphatic carbocycles. The minimum atomic E-state index is 0.505. The van der Waals surface area contributed by atoms with Crippen LogP contribution in [0.15, 0.2) is 72.6 Å². The maximum Gasteiger partial charge on any atom is 0.128 e. The van der Waals surface area contributed by atoms with Crippen LogP contribution in [0.3, 0.4) is 0 Å². The molecule has 136 valence electrons. The highest BCUT2D eigenvalue weighted by molar-refractivity contribution is 5.37. The largest absolute Gasteiger partial charge is 0.357 e. The third-order valence-corrected chi connectivity index (χ3v) is 5.54. The minimum absolute atomic E-state index is 0.505. The van der Waals surface area contributed by atoms with Crippen molar-refractivity contribution in [3.63, 3.8) is 0 Å². The van der Waals surface area contributed by atoms with Crippen LogP contribution in [0.5, 0.6) is 0 Å². The molecule has 0 saturated carbocycles. The molecule has 1 aliphatic heterocycles. The lowest BCUT2D eigenvalue weighted by molar-refractivity contribution is 0.447. The van der Waals surface area contributed by atoms with Gasteiger partial charge >= 0.3 is 0 Å². The summed E-state index contributed by atoms with van der Waals surface area (Å²) in [5.41, 5.74) is 6.07. The van der Waals surface area contributed by atoms with Gasteiger partial charge in [-0.25, -0.2) is 4.98 Å². The van der Waals surface area contributed by atoms with E-state index in [1.54, 1.807) is 0 Å². The maximum atomic E-state index is 4.52. The SMILES string of the molecule is C=C=C(CC1CCCN(c2ccccn2)CC1)C(C)Cc1ccccc1. The van der Waals surface area contributed by atoms with E-state index in [4.69, 9.17) is 0 Å². The quantitative estimate of drug-likeness (QED) is 0.627. The van der Waals surface area contributed by atoms with Crippen LogP contribution in [0.1, 0.15) is 38.2 Å². The standard InChI is InChI=1S/C24H30N2/c1-3-23(20(2)18-21-10-5-4-6-11-21)19-22-12-9-16-26(17-14-22)24-13-7-8-15-25-24/h4-8,10-11,13,15,20,22H,1,9,12,14,16-19H2,2H3. The fraction of sp³-hybridized carbons (Fsp3) is 0.417. The molecule has 3 rings (SSSR count). The summed E-state index contributed by atoms with van der Waals surface area (Å²) in [6, 6.07) is 16.9. The molecular formula is C24H30N2. The van der Waals surface area contributed by atoms with Crippen molar-refractivity contribution in [1.29, 1.82) is 0 Å². The van der Waals surface area contributed by atoms with Crippen molar-refractivity contribution >= 4 is 5.82 Å². The number of aromatic nitrogens is 1. The number of nitrogens with zero attached hydrogens (tertiary/aromatic N) is 2. The van der Waals surface area contributed by atoms with Gasteiger partial charge in [-0.3, -0.25) is 0 Å². The Morgan fingerprint density at radius 1 is 1.15 bits per heavy atom. The Kier molecular flexibility index (Phi) is 6.68. The van der Waals surface area contributed by atoms with Crippen LogP contribution in [-0.2, 0) is 6.42 Å². The average Bonchev–Trinajstić information content (AvgIpc) is 2.93. The summed E-state index contributed by atoms with van der Waals surface area (Å²) in [7, 11) is 0. The summed E-state index contributed by atoms with van der Waals surface area (Å²) < 4.78 is 0. The third-order valence-electron chi connectivity index (χ3n) is 5.54. The molecule has 2 heterocycles. The van der Waals surface area contributed by atoms with Crippen molar-refractivity contribution in [2.75, 3.05) is 18.0 Å². The Morgan fingerprint density at radius 2 is 1.96 bits per heavy atom. The molecule has 2 unspecified atom stereocenters. The molecule has 2 nitrogen and oxygen atoms in total. The Balaban J connectivity index is 1.56. The molecule has 26 heavy (non-hydrogen) atoms. The Labute approximate surface area is 158 Å². The molecule has 1 aromatic carbocycles. The molecule has 1 aliphatic rings. The van der Waals surface area contributed by atoms with Crippen LogP contribution in [0.4, 0.5) is 5.82 Å². The molecule has 2 heteroatoms. The average molecular weight is 347 g/mol. The first-order valence-electron chi connectivity index (χ1n) is 9.85. The van der Waals surface area contributed by atoms with Gasteiger partial charge in [0, 0.05) is 19.3 Å². The molecule has 1 fully saturated rings. The minimum Gasteiger partial charge on any atom is -0.357 e. The van der Waals surface area contributed by atoms with Gasteiger partial charge in [-0.15, -0.1) is 5.73 Å². The van der Waals surface area contributed by atoms with Crippen molar-refractivity contribution in [2.24, 2.45) is 11.8 Å².